The topological polar surface area (TPSA) is 102 Å². The number of aliphatic carboxylic acids is 1. The van der Waals surface area contributed by atoms with Crippen molar-refractivity contribution in [3.8, 4) is 5.75 Å². The van der Waals surface area contributed by atoms with Crippen LogP contribution in [-0.4, -0.2) is 53.7 Å². The summed E-state index contributed by atoms with van der Waals surface area (Å²) in [6.45, 7) is 0.990. The van der Waals surface area contributed by atoms with E-state index in [4.69, 9.17) is 19.3 Å². The van der Waals surface area contributed by atoms with Crippen LogP contribution in [0.1, 0.15) is 32.1 Å². The van der Waals surface area contributed by atoms with E-state index in [2.05, 4.69) is 0 Å². The molecule has 0 bridgehead atoms. The van der Waals surface area contributed by atoms with Crippen molar-refractivity contribution in [2.75, 3.05) is 19.8 Å². The number of carbonyl (C=O) groups is 2. The molecule has 2 fully saturated rings. The molecule has 2 aromatic rings. The molecule has 1 aliphatic heterocycles. The lowest BCUT2D eigenvalue weighted by Gasteiger charge is -2.25. The van der Waals surface area contributed by atoms with Gasteiger partial charge in [-0.1, -0.05) is 48.6 Å². The van der Waals surface area contributed by atoms with Gasteiger partial charge in [-0.15, -0.1) is 0 Å². The SMILES string of the molecule is O=C(O)CCC/C=C\C[C@H]1[C@@H](O)CC(=O)[C@@H]1/C=C/C1(COc2ccc3ccccc3c2)OCCO1. The molecule has 2 aromatic carbocycles. The number of aliphatic hydroxyl groups excluding tert-OH is 1. The van der Waals surface area contributed by atoms with E-state index < -0.39 is 23.8 Å². The quantitative estimate of drug-likeness (QED) is 0.365. The normalized spacial score (nSPS) is 24.1. The Morgan fingerprint density at radius 2 is 1.89 bits per heavy atom. The van der Waals surface area contributed by atoms with Crippen LogP contribution in [0, 0.1) is 11.8 Å². The van der Waals surface area contributed by atoms with E-state index in [9.17, 15) is 14.7 Å². The maximum absolute atomic E-state index is 12.6. The molecule has 1 aliphatic carbocycles. The second-order valence-electron chi connectivity index (χ2n) is 9.09. The van der Waals surface area contributed by atoms with Crippen molar-refractivity contribution in [1.29, 1.82) is 0 Å². The van der Waals surface area contributed by atoms with E-state index in [0.29, 0.717) is 38.2 Å². The summed E-state index contributed by atoms with van der Waals surface area (Å²) < 4.78 is 17.8. The van der Waals surface area contributed by atoms with Crippen molar-refractivity contribution in [2.45, 2.75) is 44.0 Å². The predicted molar refractivity (Wildman–Crippen MR) is 131 cm³/mol. The van der Waals surface area contributed by atoms with Gasteiger partial charge < -0.3 is 24.4 Å². The third kappa shape index (κ3) is 6.57. The molecule has 7 nitrogen and oxygen atoms in total. The third-order valence-corrected chi connectivity index (χ3v) is 6.57. The second kappa shape index (κ2) is 11.6. The highest BCUT2D eigenvalue weighted by molar-refractivity contribution is 5.86. The molecular weight excluding hydrogens is 448 g/mol. The minimum Gasteiger partial charge on any atom is -0.488 e. The highest BCUT2D eigenvalue weighted by atomic mass is 16.8. The van der Waals surface area contributed by atoms with Crippen LogP contribution in [0.5, 0.6) is 5.75 Å². The molecular formula is C28H32O7. The van der Waals surface area contributed by atoms with Gasteiger partial charge in [0.25, 0.3) is 0 Å². The molecule has 3 atom stereocenters. The van der Waals surface area contributed by atoms with Crippen molar-refractivity contribution in [2.24, 2.45) is 11.8 Å². The van der Waals surface area contributed by atoms with E-state index in [1.54, 1.807) is 12.2 Å². The number of hydrogen-bond acceptors (Lipinski definition) is 6. The summed E-state index contributed by atoms with van der Waals surface area (Å²) in [6, 6.07) is 13.9. The van der Waals surface area contributed by atoms with Crippen molar-refractivity contribution in [3.63, 3.8) is 0 Å². The fourth-order valence-electron chi connectivity index (χ4n) is 4.66. The molecule has 35 heavy (non-hydrogen) atoms. The summed E-state index contributed by atoms with van der Waals surface area (Å²) in [4.78, 5) is 23.2. The lowest BCUT2D eigenvalue weighted by Crippen LogP contribution is -2.35. The van der Waals surface area contributed by atoms with Crippen LogP contribution in [-0.2, 0) is 19.1 Å². The van der Waals surface area contributed by atoms with Gasteiger partial charge in [0.15, 0.2) is 0 Å². The first kappa shape index (κ1) is 25.1. The fraction of sp³-hybridized carbons (Fsp3) is 0.429. The summed E-state index contributed by atoms with van der Waals surface area (Å²) in [7, 11) is 0. The van der Waals surface area contributed by atoms with Crippen LogP contribution < -0.4 is 4.74 Å². The summed E-state index contributed by atoms with van der Waals surface area (Å²) in [5, 5.41) is 21.4. The first-order valence-electron chi connectivity index (χ1n) is 12.1. The standard InChI is InChI=1S/C28H32O7/c29-25-18-26(30)24(23(25)9-3-1-2-4-10-27(31)32)13-14-28(34-15-16-35-28)19-33-22-12-11-20-7-5-6-8-21(20)17-22/h1,3,5-8,11-14,17,23-25,29H,2,4,9-10,15-16,18-19H2,(H,31,32)/b3-1-,14-13+/t23-,24-,25+/m1/s1. The predicted octanol–water partition coefficient (Wildman–Crippen LogP) is 4.29. The average Bonchev–Trinajstić information content (AvgIpc) is 3.42. The smallest absolute Gasteiger partial charge is 0.303 e. The first-order valence-corrected chi connectivity index (χ1v) is 12.1. The summed E-state index contributed by atoms with van der Waals surface area (Å²) in [6.07, 6.45) is 8.68. The average molecular weight is 481 g/mol. The molecule has 0 unspecified atom stereocenters. The summed E-state index contributed by atoms with van der Waals surface area (Å²) in [5.74, 6) is -1.89. The number of benzene rings is 2. The van der Waals surface area contributed by atoms with Crippen molar-refractivity contribution >= 4 is 22.5 Å². The van der Waals surface area contributed by atoms with Crippen LogP contribution in [0.25, 0.3) is 10.8 Å². The molecule has 7 heteroatoms. The molecule has 186 valence electrons. The number of carboxylic acids is 1. The Balaban J connectivity index is 1.39. The molecule has 0 spiro atoms. The van der Waals surface area contributed by atoms with Crippen LogP contribution in [0.2, 0.25) is 0 Å². The number of carboxylic acid groups (broad SMARTS) is 1. The number of rotatable bonds is 11. The van der Waals surface area contributed by atoms with Crippen molar-refractivity contribution < 1.29 is 34.0 Å². The Bertz CT molecular complexity index is 1080. The van der Waals surface area contributed by atoms with Gasteiger partial charge in [0.2, 0.25) is 5.79 Å². The fourth-order valence-corrected chi connectivity index (χ4v) is 4.66. The minimum atomic E-state index is -1.09. The zero-order valence-corrected chi connectivity index (χ0v) is 19.7. The van der Waals surface area contributed by atoms with Gasteiger partial charge in [0.1, 0.15) is 18.1 Å². The highest BCUT2D eigenvalue weighted by Crippen LogP contribution is 2.35. The molecule has 4 rings (SSSR count). The summed E-state index contributed by atoms with van der Waals surface area (Å²) in [5.41, 5.74) is 0. The van der Waals surface area contributed by atoms with Gasteiger partial charge in [-0.2, -0.15) is 0 Å². The number of fused-ring (bicyclic) bond motifs is 1. The Morgan fingerprint density at radius 1 is 1.11 bits per heavy atom. The van der Waals surface area contributed by atoms with Crippen LogP contribution in [0.3, 0.4) is 0 Å². The molecule has 2 aliphatic rings. The maximum Gasteiger partial charge on any atom is 0.303 e. The molecule has 0 amide bonds. The lowest BCUT2D eigenvalue weighted by atomic mass is 9.90. The van der Waals surface area contributed by atoms with Gasteiger partial charge in [0.05, 0.1) is 19.3 Å². The van der Waals surface area contributed by atoms with E-state index in [1.807, 2.05) is 54.6 Å². The van der Waals surface area contributed by atoms with Gasteiger partial charge in [-0.05, 0) is 48.2 Å². The molecule has 1 heterocycles. The number of carbonyl (C=O) groups excluding carboxylic acids is 1. The first-order chi connectivity index (χ1) is 17.0. The highest BCUT2D eigenvalue weighted by Gasteiger charge is 2.41. The zero-order valence-electron chi connectivity index (χ0n) is 19.7. The molecule has 0 radical (unpaired) electrons. The summed E-state index contributed by atoms with van der Waals surface area (Å²) >= 11 is 0. The monoisotopic (exact) mass is 480 g/mol. The molecule has 1 saturated heterocycles. The minimum absolute atomic E-state index is 0.0124. The van der Waals surface area contributed by atoms with Crippen LogP contribution in [0.4, 0.5) is 0 Å². The lowest BCUT2D eigenvalue weighted by molar-refractivity contribution is -0.139. The van der Waals surface area contributed by atoms with E-state index >= 15 is 0 Å². The van der Waals surface area contributed by atoms with Crippen LogP contribution in [0.15, 0.2) is 66.8 Å². The Labute approximate surface area is 205 Å². The number of Topliss-reactive ketones (excluding diaryl/α,β-unsaturated/α-hetero) is 1. The van der Waals surface area contributed by atoms with E-state index in [-0.39, 0.29) is 31.1 Å². The Kier molecular flexibility index (Phi) is 8.33. The van der Waals surface area contributed by atoms with Gasteiger partial charge in [-0.25, -0.2) is 0 Å². The molecule has 1 saturated carbocycles. The largest absolute Gasteiger partial charge is 0.488 e. The Hall–Kier alpha value is -3.00. The van der Waals surface area contributed by atoms with Gasteiger partial charge in [-0.3, -0.25) is 9.59 Å². The number of allylic oxidation sites excluding steroid dienone is 3. The van der Waals surface area contributed by atoms with Crippen molar-refractivity contribution in [3.05, 3.63) is 66.8 Å². The number of hydrogen-bond donors (Lipinski definition) is 2. The van der Waals surface area contributed by atoms with E-state index in [1.165, 1.54) is 0 Å². The molecule has 0 aromatic heterocycles. The Morgan fingerprint density at radius 3 is 2.66 bits per heavy atom. The van der Waals surface area contributed by atoms with Gasteiger partial charge >= 0.3 is 5.97 Å². The number of ether oxygens (including phenoxy) is 3. The molecule has 2 N–H and O–H groups in total. The number of unbranched alkanes of at least 4 members (excludes halogenated alkanes) is 1. The van der Waals surface area contributed by atoms with Gasteiger partial charge in [0, 0.05) is 24.7 Å². The van der Waals surface area contributed by atoms with E-state index in [0.717, 1.165) is 10.8 Å². The van der Waals surface area contributed by atoms with Crippen molar-refractivity contribution in [1.82, 2.24) is 0 Å². The number of ketones is 1. The number of aliphatic hydroxyl groups is 1. The second-order valence-corrected chi connectivity index (χ2v) is 9.09. The zero-order chi connectivity index (χ0) is 24.7. The maximum atomic E-state index is 12.6. The third-order valence-electron chi connectivity index (χ3n) is 6.57. The van der Waals surface area contributed by atoms with Crippen LogP contribution >= 0.6 is 0 Å².